The first kappa shape index (κ1) is 23.3. The first-order chi connectivity index (χ1) is 14.2. The molecular weight excluding hydrogens is 398 g/mol. The van der Waals surface area contributed by atoms with Crippen LogP contribution in [0.1, 0.15) is 26.3 Å². The van der Waals surface area contributed by atoms with Crippen LogP contribution in [-0.4, -0.2) is 73.6 Å². The Morgan fingerprint density at radius 1 is 1.00 bits per heavy atom. The lowest BCUT2D eigenvalue weighted by atomic mass is 9.96. The number of methoxy groups -OCH3 is 1. The Labute approximate surface area is 173 Å². The summed E-state index contributed by atoms with van der Waals surface area (Å²) in [5, 5.41) is 9.67. The van der Waals surface area contributed by atoms with Crippen molar-refractivity contribution in [2.75, 3.05) is 13.7 Å². The molecule has 1 N–H and O–H groups in total. The molecular formula is C20H25NO9. The molecule has 1 fully saturated rings. The number of hydrogen-bond donors (Lipinski definition) is 1. The van der Waals surface area contributed by atoms with Gasteiger partial charge in [-0.05, 0) is 29.8 Å². The minimum Gasteiger partial charge on any atom is -0.497 e. The number of carbonyl (C=O) groups is 3. The zero-order valence-corrected chi connectivity index (χ0v) is 17.1. The number of hydrogen-bond acceptors (Lipinski definition) is 10. The first-order valence-corrected chi connectivity index (χ1v) is 9.20. The summed E-state index contributed by atoms with van der Waals surface area (Å²) in [5.74, 6) is -1.33. The maximum absolute atomic E-state index is 11.7. The van der Waals surface area contributed by atoms with Gasteiger partial charge < -0.3 is 28.8 Å². The van der Waals surface area contributed by atoms with Crippen LogP contribution >= 0.6 is 0 Å². The second-order valence-corrected chi connectivity index (χ2v) is 6.52. The summed E-state index contributed by atoms with van der Waals surface area (Å²) in [7, 11) is 1.54. The second kappa shape index (κ2) is 10.7. The lowest BCUT2D eigenvalue weighted by molar-refractivity contribution is -0.265. The second-order valence-electron chi connectivity index (χ2n) is 6.52. The minimum atomic E-state index is -1.27. The number of esters is 3. The van der Waals surface area contributed by atoms with E-state index in [9.17, 15) is 19.5 Å². The highest BCUT2D eigenvalue weighted by Gasteiger charge is 2.51. The van der Waals surface area contributed by atoms with Gasteiger partial charge >= 0.3 is 17.9 Å². The highest BCUT2D eigenvalue weighted by molar-refractivity contribution is 5.80. The average molecular weight is 423 g/mol. The molecule has 10 nitrogen and oxygen atoms in total. The SMILES string of the molecule is COc1ccc(C=NC2C(OC(C)=O)OC(CO)C(OC(C)=O)C2OC(C)=O)cc1. The fourth-order valence-electron chi connectivity index (χ4n) is 2.98. The van der Waals surface area contributed by atoms with E-state index in [1.54, 1.807) is 31.4 Å². The van der Waals surface area contributed by atoms with E-state index in [2.05, 4.69) is 4.99 Å². The van der Waals surface area contributed by atoms with Crippen LogP contribution in [0.15, 0.2) is 29.3 Å². The lowest BCUT2D eigenvalue weighted by Crippen LogP contribution is -2.61. The Morgan fingerprint density at radius 2 is 1.57 bits per heavy atom. The first-order valence-electron chi connectivity index (χ1n) is 9.20. The van der Waals surface area contributed by atoms with Gasteiger partial charge in [0.1, 0.15) is 11.9 Å². The zero-order chi connectivity index (χ0) is 22.3. The molecule has 0 spiro atoms. The number of aliphatic hydroxyl groups is 1. The van der Waals surface area contributed by atoms with E-state index in [-0.39, 0.29) is 0 Å². The van der Waals surface area contributed by atoms with Crippen LogP contribution in [0.3, 0.4) is 0 Å². The van der Waals surface area contributed by atoms with E-state index >= 15 is 0 Å². The Bertz CT molecular complexity index is 777. The minimum absolute atomic E-state index is 0.567. The van der Waals surface area contributed by atoms with Gasteiger partial charge in [-0.25, -0.2) is 0 Å². The Kier molecular flexibility index (Phi) is 8.31. The van der Waals surface area contributed by atoms with Crippen LogP contribution in [0.25, 0.3) is 0 Å². The standard InChI is InChI=1S/C20H25NO9/c1-11(23)27-18-16(10-22)30-20(29-13(3)25)17(19(18)28-12(2)24)21-9-14-5-7-15(26-4)8-6-14/h5-9,16-20,22H,10H2,1-4H3. The molecule has 1 aromatic rings. The van der Waals surface area contributed by atoms with Crippen LogP contribution in [0.5, 0.6) is 5.75 Å². The molecule has 0 aliphatic carbocycles. The summed E-state index contributed by atoms with van der Waals surface area (Å²) >= 11 is 0. The van der Waals surface area contributed by atoms with Crippen molar-refractivity contribution >= 4 is 24.1 Å². The molecule has 30 heavy (non-hydrogen) atoms. The molecule has 0 aromatic heterocycles. The van der Waals surface area contributed by atoms with E-state index < -0.39 is 55.2 Å². The third-order valence-electron chi connectivity index (χ3n) is 4.19. The third-order valence-corrected chi connectivity index (χ3v) is 4.19. The highest BCUT2D eigenvalue weighted by atomic mass is 16.7. The van der Waals surface area contributed by atoms with Crippen molar-refractivity contribution in [2.45, 2.75) is 51.4 Å². The molecule has 0 radical (unpaired) electrons. The van der Waals surface area contributed by atoms with Gasteiger partial charge in [-0.3, -0.25) is 19.4 Å². The van der Waals surface area contributed by atoms with E-state index in [1.165, 1.54) is 27.0 Å². The molecule has 1 aromatic carbocycles. The molecule has 2 rings (SSSR count). The van der Waals surface area contributed by atoms with Crippen LogP contribution in [0.4, 0.5) is 0 Å². The number of ether oxygens (including phenoxy) is 5. The summed E-state index contributed by atoms with van der Waals surface area (Å²) in [6, 6.07) is 5.90. The van der Waals surface area contributed by atoms with Gasteiger partial charge in [0.2, 0.25) is 6.29 Å². The van der Waals surface area contributed by atoms with Crippen LogP contribution in [-0.2, 0) is 33.3 Å². The van der Waals surface area contributed by atoms with Crippen molar-refractivity contribution in [1.29, 1.82) is 0 Å². The van der Waals surface area contributed by atoms with Gasteiger partial charge in [0.05, 0.1) is 13.7 Å². The summed E-state index contributed by atoms with van der Waals surface area (Å²) in [5.41, 5.74) is 0.687. The number of rotatable bonds is 7. The van der Waals surface area contributed by atoms with Crippen LogP contribution < -0.4 is 4.74 Å². The Hall–Kier alpha value is -2.98. The number of nitrogens with zero attached hydrogens (tertiary/aromatic N) is 1. The predicted molar refractivity (Wildman–Crippen MR) is 103 cm³/mol. The summed E-state index contributed by atoms with van der Waals surface area (Å²) in [6.45, 7) is 2.97. The zero-order valence-electron chi connectivity index (χ0n) is 17.1. The molecule has 0 amide bonds. The molecule has 164 valence electrons. The summed E-state index contributed by atoms with van der Waals surface area (Å²) in [6.07, 6.45) is -3.19. The van der Waals surface area contributed by atoms with Gasteiger partial charge in [-0.15, -0.1) is 0 Å². The highest BCUT2D eigenvalue weighted by Crippen LogP contribution is 2.29. The largest absolute Gasteiger partial charge is 0.497 e. The van der Waals surface area contributed by atoms with E-state index in [4.69, 9.17) is 23.7 Å². The fraction of sp³-hybridized carbons (Fsp3) is 0.500. The molecule has 1 aliphatic heterocycles. The van der Waals surface area contributed by atoms with Gasteiger partial charge in [-0.2, -0.15) is 0 Å². The molecule has 5 unspecified atom stereocenters. The fourth-order valence-corrected chi connectivity index (χ4v) is 2.98. The monoisotopic (exact) mass is 423 g/mol. The van der Waals surface area contributed by atoms with Crippen molar-refractivity contribution in [3.8, 4) is 5.75 Å². The normalized spacial score (nSPS) is 26.1. The average Bonchev–Trinajstić information content (AvgIpc) is 2.68. The van der Waals surface area contributed by atoms with E-state index in [1.807, 2.05) is 0 Å². The molecule has 10 heteroatoms. The Balaban J connectivity index is 2.41. The number of aliphatic imine (C=N–C) groups is 1. The molecule has 0 bridgehead atoms. The third kappa shape index (κ3) is 6.26. The molecule has 5 atom stereocenters. The lowest BCUT2D eigenvalue weighted by Gasteiger charge is -2.42. The molecule has 0 saturated carbocycles. The number of aliphatic hydroxyl groups excluding tert-OH is 1. The van der Waals surface area contributed by atoms with Gasteiger partial charge in [0.15, 0.2) is 18.2 Å². The summed E-state index contributed by atoms with van der Waals surface area (Å²) in [4.78, 5) is 39.2. The van der Waals surface area contributed by atoms with Crippen LogP contribution in [0, 0.1) is 0 Å². The molecule has 1 heterocycles. The Morgan fingerprint density at radius 3 is 2.07 bits per heavy atom. The van der Waals surface area contributed by atoms with E-state index in [0.29, 0.717) is 11.3 Å². The van der Waals surface area contributed by atoms with Crippen molar-refractivity contribution in [3.05, 3.63) is 29.8 Å². The molecule has 1 saturated heterocycles. The van der Waals surface area contributed by atoms with Crippen molar-refractivity contribution in [3.63, 3.8) is 0 Å². The van der Waals surface area contributed by atoms with Gasteiger partial charge in [-0.1, -0.05) is 0 Å². The smallest absolute Gasteiger partial charge is 0.305 e. The maximum atomic E-state index is 11.7. The summed E-state index contributed by atoms with van der Waals surface area (Å²) < 4.78 is 26.5. The molecule has 1 aliphatic rings. The van der Waals surface area contributed by atoms with E-state index in [0.717, 1.165) is 0 Å². The van der Waals surface area contributed by atoms with Gasteiger partial charge in [0, 0.05) is 27.0 Å². The predicted octanol–water partition coefficient (Wildman–Crippen LogP) is 0.626. The number of carbonyl (C=O) groups excluding carboxylic acids is 3. The topological polar surface area (TPSA) is 130 Å². The number of benzene rings is 1. The quantitative estimate of drug-likeness (QED) is 0.381. The maximum Gasteiger partial charge on any atom is 0.305 e. The van der Waals surface area contributed by atoms with Crippen molar-refractivity contribution < 1.29 is 43.2 Å². The van der Waals surface area contributed by atoms with Crippen molar-refractivity contribution in [2.24, 2.45) is 4.99 Å². The van der Waals surface area contributed by atoms with Crippen LogP contribution in [0.2, 0.25) is 0 Å². The van der Waals surface area contributed by atoms with Crippen molar-refractivity contribution in [1.82, 2.24) is 0 Å². The van der Waals surface area contributed by atoms with Gasteiger partial charge in [0.25, 0.3) is 0 Å².